The van der Waals surface area contributed by atoms with Crippen molar-refractivity contribution in [1.29, 1.82) is 0 Å². The molecule has 0 spiro atoms. The molecule has 3 nitrogen and oxygen atoms in total. The van der Waals surface area contributed by atoms with Gasteiger partial charge in [-0.25, -0.2) is 8.78 Å². The van der Waals surface area contributed by atoms with Gasteiger partial charge in [0, 0.05) is 12.6 Å². The van der Waals surface area contributed by atoms with Crippen molar-refractivity contribution in [2.75, 3.05) is 0 Å². The lowest BCUT2D eigenvalue weighted by molar-refractivity contribution is 0.509. The highest BCUT2D eigenvalue weighted by atomic mass is 79.9. The standard InChI is InChI=1S/C10H8BrF2N3/c1-16-9(5-11)14-15-10(16)6-2-3-7(12)8(13)4-6/h2-4H,5H2,1H3. The fourth-order valence-corrected chi connectivity index (χ4v) is 1.85. The van der Waals surface area contributed by atoms with Crippen LogP contribution in [0.15, 0.2) is 18.2 Å². The van der Waals surface area contributed by atoms with Crippen LogP contribution in [-0.4, -0.2) is 14.8 Å². The van der Waals surface area contributed by atoms with Gasteiger partial charge in [-0.15, -0.1) is 10.2 Å². The summed E-state index contributed by atoms with van der Waals surface area (Å²) in [7, 11) is 1.77. The van der Waals surface area contributed by atoms with Gasteiger partial charge in [-0.3, -0.25) is 0 Å². The predicted octanol–water partition coefficient (Wildman–Crippen LogP) is 2.66. The molecule has 84 valence electrons. The molecule has 0 unspecified atom stereocenters. The van der Waals surface area contributed by atoms with Gasteiger partial charge in [0.25, 0.3) is 0 Å². The Labute approximate surface area is 99.2 Å². The minimum Gasteiger partial charge on any atom is -0.313 e. The Bertz CT molecular complexity index is 525. The minimum atomic E-state index is -0.888. The van der Waals surface area contributed by atoms with Crippen molar-refractivity contribution in [3.63, 3.8) is 0 Å². The van der Waals surface area contributed by atoms with Crippen molar-refractivity contribution in [3.05, 3.63) is 35.7 Å². The monoisotopic (exact) mass is 287 g/mol. The molecule has 0 N–H and O–H groups in total. The highest BCUT2D eigenvalue weighted by molar-refractivity contribution is 9.08. The van der Waals surface area contributed by atoms with E-state index < -0.39 is 11.6 Å². The van der Waals surface area contributed by atoms with E-state index in [1.165, 1.54) is 6.07 Å². The number of alkyl halides is 1. The van der Waals surface area contributed by atoms with Gasteiger partial charge in [0.05, 0.1) is 5.33 Å². The van der Waals surface area contributed by atoms with Crippen LogP contribution in [0.4, 0.5) is 8.78 Å². The van der Waals surface area contributed by atoms with E-state index in [2.05, 4.69) is 26.1 Å². The molecular weight excluding hydrogens is 280 g/mol. The zero-order valence-electron chi connectivity index (χ0n) is 8.41. The summed E-state index contributed by atoms with van der Waals surface area (Å²) in [5.41, 5.74) is 0.501. The molecule has 0 atom stereocenters. The lowest BCUT2D eigenvalue weighted by Crippen LogP contribution is -1.97. The molecule has 6 heteroatoms. The smallest absolute Gasteiger partial charge is 0.163 e. The molecule has 2 rings (SSSR count). The second-order valence-corrected chi connectivity index (χ2v) is 3.82. The summed E-state index contributed by atoms with van der Waals surface area (Å²) < 4.78 is 27.5. The van der Waals surface area contributed by atoms with Crippen LogP contribution >= 0.6 is 15.9 Å². The second kappa shape index (κ2) is 4.29. The normalized spacial score (nSPS) is 10.8. The number of rotatable bonds is 2. The molecule has 1 heterocycles. The Balaban J connectivity index is 2.50. The third-order valence-electron chi connectivity index (χ3n) is 2.26. The molecular formula is C10H8BrF2N3. The SMILES string of the molecule is Cn1c(CBr)nnc1-c1ccc(F)c(F)c1. The molecule has 2 aromatic rings. The van der Waals surface area contributed by atoms with Crippen molar-refractivity contribution in [2.24, 2.45) is 7.05 Å². The van der Waals surface area contributed by atoms with Gasteiger partial charge in [0.1, 0.15) is 5.82 Å². The maximum atomic E-state index is 13.0. The van der Waals surface area contributed by atoms with Crippen molar-refractivity contribution in [3.8, 4) is 11.4 Å². The van der Waals surface area contributed by atoms with Gasteiger partial charge >= 0.3 is 0 Å². The van der Waals surface area contributed by atoms with Crippen LogP contribution in [0.2, 0.25) is 0 Å². The van der Waals surface area contributed by atoms with Crippen LogP contribution < -0.4 is 0 Å². The average Bonchev–Trinajstić information content (AvgIpc) is 2.64. The summed E-state index contributed by atoms with van der Waals surface area (Å²) >= 11 is 3.26. The molecule has 16 heavy (non-hydrogen) atoms. The van der Waals surface area contributed by atoms with Crippen molar-refractivity contribution >= 4 is 15.9 Å². The summed E-state index contributed by atoms with van der Waals surface area (Å²) in [5.74, 6) is -0.527. The fourth-order valence-electron chi connectivity index (χ4n) is 1.36. The van der Waals surface area contributed by atoms with E-state index in [-0.39, 0.29) is 0 Å². The van der Waals surface area contributed by atoms with E-state index in [0.717, 1.165) is 18.0 Å². The number of hydrogen-bond donors (Lipinski definition) is 0. The van der Waals surface area contributed by atoms with Crippen LogP contribution in [0.1, 0.15) is 5.82 Å². The predicted molar refractivity (Wildman–Crippen MR) is 59.0 cm³/mol. The van der Waals surface area contributed by atoms with Crippen LogP contribution in [-0.2, 0) is 12.4 Å². The Morgan fingerprint density at radius 2 is 2.00 bits per heavy atom. The fraction of sp³-hybridized carbons (Fsp3) is 0.200. The van der Waals surface area contributed by atoms with Crippen LogP contribution in [0.25, 0.3) is 11.4 Å². The first-order valence-corrected chi connectivity index (χ1v) is 5.65. The average molecular weight is 288 g/mol. The summed E-state index contributed by atoms with van der Waals surface area (Å²) in [6.45, 7) is 0. The van der Waals surface area contributed by atoms with Gasteiger partial charge in [0.2, 0.25) is 0 Å². The molecule has 0 bridgehead atoms. The third kappa shape index (κ3) is 1.84. The Kier molecular flexibility index (Phi) is 3.00. The summed E-state index contributed by atoms with van der Waals surface area (Å²) in [6.07, 6.45) is 0. The number of aromatic nitrogens is 3. The molecule has 1 aromatic carbocycles. The van der Waals surface area contributed by atoms with E-state index in [1.54, 1.807) is 11.6 Å². The maximum absolute atomic E-state index is 13.0. The Morgan fingerprint density at radius 1 is 1.25 bits per heavy atom. The minimum absolute atomic E-state index is 0.501. The number of halogens is 3. The number of hydrogen-bond acceptors (Lipinski definition) is 2. The first-order chi connectivity index (χ1) is 7.63. The lowest BCUT2D eigenvalue weighted by atomic mass is 10.2. The molecule has 0 fully saturated rings. The Hall–Kier alpha value is -1.30. The lowest BCUT2D eigenvalue weighted by Gasteiger charge is -2.02. The quantitative estimate of drug-likeness (QED) is 0.795. The first kappa shape index (κ1) is 11.2. The van der Waals surface area contributed by atoms with E-state index in [0.29, 0.717) is 16.7 Å². The number of benzene rings is 1. The van der Waals surface area contributed by atoms with Gasteiger partial charge in [-0.1, -0.05) is 15.9 Å². The van der Waals surface area contributed by atoms with Gasteiger partial charge in [-0.2, -0.15) is 0 Å². The van der Waals surface area contributed by atoms with Crippen molar-refractivity contribution < 1.29 is 8.78 Å². The number of nitrogens with zero attached hydrogens (tertiary/aromatic N) is 3. The highest BCUT2D eigenvalue weighted by Crippen LogP contribution is 2.20. The van der Waals surface area contributed by atoms with Gasteiger partial charge < -0.3 is 4.57 Å². The molecule has 0 aliphatic carbocycles. The van der Waals surface area contributed by atoms with E-state index >= 15 is 0 Å². The summed E-state index contributed by atoms with van der Waals surface area (Å²) in [5, 5.41) is 8.39. The molecule has 0 amide bonds. The van der Waals surface area contributed by atoms with Gasteiger partial charge in [-0.05, 0) is 18.2 Å². The van der Waals surface area contributed by atoms with E-state index in [1.807, 2.05) is 0 Å². The summed E-state index contributed by atoms with van der Waals surface area (Å²) in [6, 6.07) is 3.66. The van der Waals surface area contributed by atoms with Crippen LogP contribution in [0, 0.1) is 11.6 Å². The molecule has 0 radical (unpaired) electrons. The third-order valence-corrected chi connectivity index (χ3v) is 2.76. The maximum Gasteiger partial charge on any atom is 0.163 e. The van der Waals surface area contributed by atoms with E-state index in [9.17, 15) is 8.78 Å². The summed E-state index contributed by atoms with van der Waals surface area (Å²) in [4.78, 5) is 0. The van der Waals surface area contributed by atoms with Gasteiger partial charge in [0.15, 0.2) is 17.5 Å². The topological polar surface area (TPSA) is 30.7 Å². The van der Waals surface area contributed by atoms with Crippen LogP contribution in [0.3, 0.4) is 0 Å². The Morgan fingerprint density at radius 3 is 2.56 bits per heavy atom. The van der Waals surface area contributed by atoms with E-state index in [4.69, 9.17) is 0 Å². The highest BCUT2D eigenvalue weighted by Gasteiger charge is 2.11. The molecule has 0 saturated heterocycles. The van der Waals surface area contributed by atoms with Crippen LogP contribution in [0.5, 0.6) is 0 Å². The molecule has 0 saturated carbocycles. The van der Waals surface area contributed by atoms with Crippen molar-refractivity contribution in [1.82, 2.24) is 14.8 Å². The molecule has 1 aromatic heterocycles. The zero-order valence-corrected chi connectivity index (χ0v) is 10.0. The van der Waals surface area contributed by atoms with Crippen molar-refractivity contribution in [2.45, 2.75) is 5.33 Å². The first-order valence-electron chi connectivity index (χ1n) is 4.53. The molecule has 0 aliphatic rings. The zero-order chi connectivity index (χ0) is 11.7. The second-order valence-electron chi connectivity index (χ2n) is 3.26. The molecule has 0 aliphatic heterocycles. The largest absolute Gasteiger partial charge is 0.313 e.